The van der Waals surface area contributed by atoms with Gasteiger partial charge in [0.15, 0.2) is 10.3 Å². The molecule has 10 heteroatoms. The Hall–Kier alpha value is -1.75. The van der Waals surface area contributed by atoms with Gasteiger partial charge in [0.25, 0.3) is 5.56 Å². The lowest BCUT2D eigenvalue weighted by Gasteiger charge is -2.12. The van der Waals surface area contributed by atoms with Crippen LogP contribution in [0, 0.1) is 0 Å². The second kappa shape index (κ2) is 8.96. The summed E-state index contributed by atoms with van der Waals surface area (Å²) in [5.74, 6) is 0.386. The number of halogens is 1. The summed E-state index contributed by atoms with van der Waals surface area (Å²) >= 11 is 6.20. The number of anilines is 1. The van der Waals surface area contributed by atoms with Gasteiger partial charge in [-0.1, -0.05) is 27.7 Å². The van der Waals surface area contributed by atoms with Gasteiger partial charge in [-0.3, -0.25) is 14.2 Å². The summed E-state index contributed by atoms with van der Waals surface area (Å²) < 4.78 is 7.60. The number of rotatable bonds is 7. The summed E-state index contributed by atoms with van der Waals surface area (Å²) in [6, 6.07) is 5.47. The number of thioether (sulfide) groups is 1. The molecule has 0 saturated heterocycles. The first-order valence-electron chi connectivity index (χ1n) is 8.01. The number of benzene rings is 1. The molecule has 1 amide bonds. The van der Waals surface area contributed by atoms with E-state index in [1.807, 2.05) is 17.5 Å². The Bertz CT molecular complexity index is 1030. The van der Waals surface area contributed by atoms with Crippen LogP contribution in [0.25, 0.3) is 10.9 Å². The predicted octanol–water partition coefficient (Wildman–Crippen LogP) is 3.51. The first-order chi connectivity index (χ1) is 13.0. The molecule has 2 aromatic heterocycles. The number of thiazole rings is 1. The van der Waals surface area contributed by atoms with E-state index in [9.17, 15) is 9.59 Å². The van der Waals surface area contributed by atoms with Gasteiger partial charge in [-0.25, -0.2) is 9.97 Å². The molecule has 3 rings (SSSR count). The van der Waals surface area contributed by atoms with Gasteiger partial charge in [-0.05, 0) is 18.2 Å². The molecule has 2 heterocycles. The molecule has 0 spiro atoms. The summed E-state index contributed by atoms with van der Waals surface area (Å²) in [6.07, 6.45) is 0. The standard InChI is InChI=1S/C17H17BrN4O3S2/c1-10(23)19-16-20-12(8-26-16)9-27-17-21-14-4-3-11(18)7-13(14)15(24)22(17)5-6-25-2/h3-4,7-8H,5-6,9H2,1-2H3,(H,19,20,23). The third-order valence-corrected chi connectivity index (χ3v) is 5.89. The molecule has 7 nitrogen and oxygen atoms in total. The molecule has 1 aromatic carbocycles. The van der Waals surface area contributed by atoms with E-state index in [2.05, 4.69) is 31.2 Å². The summed E-state index contributed by atoms with van der Waals surface area (Å²) in [5, 5.41) is 6.29. The maximum absolute atomic E-state index is 12.9. The third-order valence-electron chi connectivity index (χ3n) is 3.58. The Labute approximate surface area is 172 Å². The smallest absolute Gasteiger partial charge is 0.262 e. The lowest BCUT2D eigenvalue weighted by atomic mass is 10.2. The average Bonchev–Trinajstić information content (AvgIpc) is 3.06. The van der Waals surface area contributed by atoms with Crippen molar-refractivity contribution in [2.24, 2.45) is 0 Å². The number of ether oxygens (including phenoxy) is 1. The molecule has 0 saturated carbocycles. The molecule has 3 aromatic rings. The number of nitrogens with one attached hydrogen (secondary N) is 1. The van der Waals surface area contributed by atoms with Crippen LogP contribution in [-0.4, -0.2) is 34.2 Å². The van der Waals surface area contributed by atoms with Crippen LogP contribution in [0.15, 0.2) is 38.0 Å². The minimum Gasteiger partial charge on any atom is -0.383 e. The van der Waals surface area contributed by atoms with Gasteiger partial charge >= 0.3 is 0 Å². The SMILES string of the molecule is COCCn1c(SCc2csc(NC(C)=O)n2)nc2ccc(Br)cc2c1=O. The van der Waals surface area contributed by atoms with Crippen LogP contribution >= 0.6 is 39.0 Å². The fraction of sp³-hybridized carbons (Fsp3) is 0.294. The van der Waals surface area contributed by atoms with Crippen LogP contribution in [0.3, 0.4) is 0 Å². The van der Waals surface area contributed by atoms with E-state index < -0.39 is 0 Å². The molecule has 142 valence electrons. The summed E-state index contributed by atoms with van der Waals surface area (Å²) in [7, 11) is 1.60. The van der Waals surface area contributed by atoms with Crippen molar-refractivity contribution in [1.82, 2.24) is 14.5 Å². The number of hydrogen-bond acceptors (Lipinski definition) is 7. The number of methoxy groups -OCH3 is 1. The molecular weight excluding hydrogens is 452 g/mol. The van der Waals surface area contributed by atoms with Crippen LogP contribution < -0.4 is 10.9 Å². The zero-order valence-corrected chi connectivity index (χ0v) is 17.9. The minimum absolute atomic E-state index is 0.0990. The maximum atomic E-state index is 12.9. The van der Waals surface area contributed by atoms with Crippen molar-refractivity contribution in [3.63, 3.8) is 0 Å². The average molecular weight is 469 g/mol. The monoisotopic (exact) mass is 468 g/mol. The van der Waals surface area contributed by atoms with Crippen LogP contribution in [0.4, 0.5) is 5.13 Å². The number of carbonyl (C=O) groups excluding carboxylic acids is 1. The molecule has 0 fully saturated rings. The zero-order valence-electron chi connectivity index (χ0n) is 14.7. The third kappa shape index (κ3) is 4.95. The highest BCUT2D eigenvalue weighted by Crippen LogP contribution is 2.25. The van der Waals surface area contributed by atoms with Crippen LogP contribution in [-0.2, 0) is 21.8 Å². The highest BCUT2D eigenvalue weighted by molar-refractivity contribution is 9.10. The van der Waals surface area contributed by atoms with Crippen molar-refractivity contribution in [2.75, 3.05) is 19.0 Å². The van der Waals surface area contributed by atoms with Crippen molar-refractivity contribution in [3.8, 4) is 0 Å². The van der Waals surface area contributed by atoms with E-state index in [1.165, 1.54) is 30.0 Å². The van der Waals surface area contributed by atoms with Crippen molar-refractivity contribution < 1.29 is 9.53 Å². The van der Waals surface area contributed by atoms with Crippen LogP contribution in [0.1, 0.15) is 12.6 Å². The summed E-state index contributed by atoms with van der Waals surface area (Å²) in [5.41, 5.74) is 1.37. The van der Waals surface area contributed by atoms with Gasteiger partial charge in [0.1, 0.15) is 0 Å². The topological polar surface area (TPSA) is 86.1 Å². The van der Waals surface area contributed by atoms with E-state index in [1.54, 1.807) is 17.7 Å². The quantitative estimate of drug-likeness (QED) is 0.421. The number of nitrogens with zero attached hydrogens (tertiary/aromatic N) is 3. The fourth-order valence-electron chi connectivity index (χ4n) is 2.38. The number of amides is 1. The highest BCUT2D eigenvalue weighted by atomic mass is 79.9. The van der Waals surface area contributed by atoms with E-state index in [4.69, 9.17) is 4.74 Å². The molecule has 27 heavy (non-hydrogen) atoms. The zero-order chi connectivity index (χ0) is 19.4. The second-order valence-corrected chi connectivity index (χ2v) is 8.34. The van der Waals surface area contributed by atoms with E-state index in [0.29, 0.717) is 40.1 Å². The van der Waals surface area contributed by atoms with Crippen molar-refractivity contribution in [3.05, 3.63) is 44.1 Å². The lowest BCUT2D eigenvalue weighted by molar-refractivity contribution is -0.114. The van der Waals surface area contributed by atoms with Crippen molar-refractivity contribution >= 4 is 61.0 Å². The first-order valence-corrected chi connectivity index (χ1v) is 10.7. The Kier molecular flexibility index (Phi) is 6.64. The molecule has 0 bridgehead atoms. The molecular formula is C17H17BrN4O3S2. The first kappa shape index (κ1) is 20.0. The molecule has 0 aliphatic carbocycles. The highest BCUT2D eigenvalue weighted by Gasteiger charge is 2.13. The largest absolute Gasteiger partial charge is 0.383 e. The molecule has 0 aliphatic rings. The fourth-order valence-corrected chi connectivity index (χ4v) is 4.52. The maximum Gasteiger partial charge on any atom is 0.262 e. The van der Waals surface area contributed by atoms with E-state index >= 15 is 0 Å². The molecule has 0 unspecified atom stereocenters. The van der Waals surface area contributed by atoms with Crippen LogP contribution in [0.5, 0.6) is 0 Å². The molecule has 0 atom stereocenters. The number of fused-ring (bicyclic) bond motifs is 1. The molecule has 0 aliphatic heterocycles. The van der Waals surface area contributed by atoms with E-state index in [-0.39, 0.29) is 11.5 Å². The Morgan fingerprint density at radius 2 is 2.22 bits per heavy atom. The van der Waals surface area contributed by atoms with Crippen molar-refractivity contribution in [2.45, 2.75) is 24.4 Å². The van der Waals surface area contributed by atoms with Gasteiger partial charge in [-0.2, -0.15) is 0 Å². The summed E-state index contributed by atoms with van der Waals surface area (Å²) in [4.78, 5) is 33.1. The van der Waals surface area contributed by atoms with Gasteiger partial charge in [0.05, 0.1) is 29.7 Å². The van der Waals surface area contributed by atoms with Crippen molar-refractivity contribution in [1.29, 1.82) is 0 Å². The predicted molar refractivity (Wildman–Crippen MR) is 112 cm³/mol. The van der Waals surface area contributed by atoms with Gasteiger partial charge in [0, 0.05) is 29.6 Å². The van der Waals surface area contributed by atoms with Gasteiger partial charge < -0.3 is 10.1 Å². The normalized spacial score (nSPS) is 11.1. The van der Waals surface area contributed by atoms with Gasteiger partial charge in [0.2, 0.25) is 5.91 Å². The van der Waals surface area contributed by atoms with Gasteiger partial charge in [-0.15, -0.1) is 11.3 Å². The van der Waals surface area contributed by atoms with Crippen LogP contribution in [0.2, 0.25) is 0 Å². The molecule has 1 N–H and O–H groups in total. The number of carbonyl (C=O) groups is 1. The molecule has 0 radical (unpaired) electrons. The second-order valence-electron chi connectivity index (χ2n) is 5.62. The lowest BCUT2D eigenvalue weighted by Crippen LogP contribution is -2.25. The number of hydrogen-bond donors (Lipinski definition) is 1. The minimum atomic E-state index is -0.153. The number of aromatic nitrogens is 3. The Morgan fingerprint density at radius 3 is 2.96 bits per heavy atom. The van der Waals surface area contributed by atoms with E-state index in [0.717, 1.165) is 10.2 Å². The Balaban J connectivity index is 1.89. The Morgan fingerprint density at radius 1 is 1.41 bits per heavy atom. The summed E-state index contributed by atoms with van der Waals surface area (Å²) in [6.45, 7) is 2.28.